The van der Waals surface area contributed by atoms with Crippen LogP contribution in [0.2, 0.25) is 0 Å². The number of nitrogens with zero attached hydrogens (tertiary/aromatic N) is 1. The van der Waals surface area contributed by atoms with E-state index in [-0.39, 0.29) is 11.9 Å². The van der Waals surface area contributed by atoms with E-state index in [1.165, 1.54) is 5.56 Å². The van der Waals surface area contributed by atoms with Crippen LogP contribution in [0.1, 0.15) is 29.7 Å². The molecule has 1 aromatic heterocycles. The molecule has 0 fully saturated rings. The van der Waals surface area contributed by atoms with E-state index in [0.29, 0.717) is 11.5 Å². The van der Waals surface area contributed by atoms with Crippen molar-refractivity contribution in [3.63, 3.8) is 0 Å². The minimum absolute atomic E-state index is 0.137. The second-order valence-corrected chi connectivity index (χ2v) is 6.34. The summed E-state index contributed by atoms with van der Waals surface area (Å²) in [5.41, 5.74) is 3.15. The van der Waals surface area contributed by atoms with E-state index in [0.717, 1.165) is 11.1 Å². The van der Waals surface area contributed by atoms with Gasteiger partial charge in [-0.2, -0.15) is 0 Å². The minimum atomic E-state index is -0.141. The summed E-state index contributed by atoms with van der Waals surface area (Å²) in [7, 11) is 0. The molecule has 0 aliphatic carbocycles. The van der Waals surface area contributed by atoms with Gasteiger partial charge in [-0.3, -0.25) is 9.78 Å². The first-order valence-electron chi connectivity index (χ1n) is 8.83. The highest BCUT2D eigenvalue weighted by Crippen LogP contribution is 2.24. The zero-order valence-corrected chi connectivity index (χ0v) is 15.4. The third-order valence-electron chi connectivity index (χ3n) is 4.09. The molecule has 1 amide bonds. The van der Waals surface area contributed by atoms with Crippen LogP contribution in [-0.4, -0.2) is 10.9 Å². The SMILES string of the molecule is Cc1ccc(C=CC(=O)NC(C)c2cccc(Oc3cccnc3)c2)cc1. The van der Waals surface area contributed by atoms with Gasteiger partial charge in [-0.25, -0.2) is 0 Å². The first-order chi connectivity index (χ1) is 13.1. The van der Waals surface area contributed by atoms with E-state index in [4.69, 9.17) is 4.74 Å². The number of pyridine rings is 1. The van der Waals surface area contributed by atoms with Crippen LogP contribution in [0.5, 0.6) is 11.5 Å². The van der Waals surface area contributed by atoms with Crippen molar-refractivity contribution in [1.29, 1.82) is 0 Å². The lowest BCUT2D eigenvalue weighted by molar-refractivity contribution is -0.117. The number of nitrogens with one attached hydrogen (secondary N) is 1. The van der Waals surface area contributed by atoms with E-state index in [1.54, 1.807) is 18.5 Å². The largest absolute Gasteiger partial charge is 0.456 e. The van der Waals surface area contributed by atoms with E-state index in [9.17, 15) is 4.79 Å². The van der Waals surface area contributed by atoms with Crippen LogP contribution in [0.3, 0.4) is 0 Å². The Bertz CT molecular complexity index is 919. The highest BCUT2D eigenvalue weighted by molar-refractivity contribution is 5.91. The van der Waals surface area contributed by atoms with Crippen molar-refractivity contribution in [3.05, 3.63) is 95.8 Å². The molecule has 136 valence electrons. The molecule has 0 bridgehead atoms. The van der Waals surface area contributed by atoms with Gasteiger partial charge in [-0.05, 0) is 55.3 Å². The quantitative estimate of drug-likeness (QED) is 0.626. The highest BCUT2D eigenvalue weighted by atomic mass is 16.5. The molecule has 0 radical (unpaired) electrons. The molecule has 1 atom stereocenters. The number of rotatable bonds is 6. The van der Waals surface area contributed by atoms with Crippen LogP contribution in [0.25, 0.3) is 6.08 Å². The molecule has 4 heteroatoms. The summed E-state index contributed by atoms with van der Waals surface area (Å²) in [6.45, 7) is 3.98. The first kappa shape index (κ1) is 18.4. The average molecular weight is 358 g/mol. The van der Waals surface area contributed by atoms with Crippen molar-refractivity contribution < 1.29 is 9.53 Å². The molecule has 0 spiro atoms. The number of carbonyl (C=O) groups is 1. The molecule has 2 aromatic carbocycles. The second-order valence-electron chi connectivity index (χ2n) is 6.34. The van der Waals surface area contributed by atoms with Crippen molar-refractivity contribution in [2.45, 2.75) is 19.9 Å². The van der Waals surface area contributed by atoms with Crippen molar-refractivity contribution >= 4 is 12.0 Å². The first-order valence-corrected chi connectivity index (χ1v) is 8.83. The fraction of sp³-hybridized carbons (Fsp3) is 0.130. The number of amides is 1. The average Bonchev–Trinajstić information content (AvgIpc) is 2.68. The van der Waals surface area contributed by atoms with Gasteiger partial charge in [-0.15, -0.1) is 0 Å². The Kier molecular flexibility index (Phi) is 6.00. The summed E-state index contributed by atoms with van der Waals surface area (Å²) in [6, 6.07) is 19.2. The second kappa shape index (κ2) is 8.81. The standard InChI is InChI=1S/C23H22N2O2/c1-17-8-10-19(11-9-17)12-13-23(26)25-18(2)20-5-3-6-21(15-20)27-22-7-4-14-24-16-22/h3-16,18H,1-2H3,(H,25,26). The van der Waals surface area contributed by atoms with Gasteiger partial charge in [0.25, 0.3) is 0 Å². The van der Waals surface area contributed by atoms with Gasteiger partial charge >= 0.3 is 0 Å². The number of aromatic nitrogens is 1. The molecule has 1 heterocycles. The fourth-order valence-corrected chi connectivity index (χ4v) is 2.59. The Morgan fingerprint density at radius 2 is 1.85 bits per heavy atom. The van der Waals surface area contributed by atoms with Gasteiger partial charge in [0.2, 0.25) is 5.91 Å². The number of aryl methyl sites for hydroxylation is 1. The molecule has 0 aliphatic heterocycles. The summed E-state index contributed by atoms with van der Waals surface area (Å²) >= 11 is 0. The van der Waals surface area contributed by atoms with Crippen molar-refractivity contribution in [2.75, 3.05) is 0 Å². The molecule has 1 unspecified atom stereocenters. The maximum atomic E-state index is 12.2. The molecule has 0 saturated heterocycles. The number of hydrogen-bond donors (Lipinski definition) is 1. The fourth-order valence-electron chi connectivity index (χ4n) is 2.59. The third-order valence-corrected chi connectivity index (χ3v) is 4.09. The molecular formula is C23H22N2O2. The van der Waals surface area contributed by atoms with Crippen LogP contribution >= 0.6 is 0 Å². The van der Waals surface area contributed by atoms with Gasteiger partial charge in [0, 0.05) is 12.3 Å². The van der Waals surface area contributed by atoms with Crippen LogP contribution in [0, 0.1) is 6.92 Å². The maximum Gasteiger partial charge on any atom is 0.244 e. The molecule has 3 aromatic rings. The zero-order valence-electron chi connectivity index (χ0n) is 15.4. The van der Waals surface area contributed by atoms with Crippen LogP contribution in [-0.2, 0) is 4.79 Å². The molecular weight excluding hydrogens is 336 g/mol. The van der Waals surface area contributed by atoms with E-state index < -0.39 is 0 Å². The van der Waals surface area contributed by atoms with Crippen molar-refractivity contribution in [3.8, 4) is 11.5 Å². The Hall–Kier alpha value is -3.40. The number of ether oxygens (including phenoxy) is 1. The van der Waals surface area contributed by atoms with Crippen molar-refractivity contribution in [1.82, 2.24) is 10.3 Å². The maximum absolute atomic E-state index is 12.2. The molecule has 3 rings (SSSR count). The van der Waals surface area contributed by atoms with E-state index >= 15 is 0 Å². The van der Waals surface area contributed by atoms with Crippen molar-refractivity contribution in [2.24, 2.45) is 0 Å². The normalized spacial score (nSPS) is 11.9. The molecule has 27 heavy (non-hydrogen) atoms. The predicted octanol–water partition coefficient (Wildman–Crippen LogP) is 5.07. The zero-order chi connectivity index (χ0) is 19.1. The summed E-state index contributed by atoms with van der Waals surface area (Å²) < 4.78 is 5.80. The highest BCUT2D eigenvalue weighted by Gasteiger charge is 2.09. The monoisotopic (exact) mass is 358 g/mol. The third kappa shape index (κ3) is 5.54. The smallest absolute Gasteiger partial charge is 0.244 e. The lowest BCUT2D eigenvalue weighted by atomic mass is 10.1. The van der Waals surface area contributed by atoms with E-state index in [2.05, 4.69) is 10.3 Å². The van der Waals surface area contributed by atoms with Gasteiger partial charge in [-0.1, -0.05) is 42.0 Å². The minimum Gasteiger partial charge on any atom is -0.456 e. The molecule has 4 nitrogen and oxygen atoms in total. The molecule has 0 aliphatic rings. The number of hydrogen-bond acceptors (Lipinski definition) is 3. The molecule has 1 N–H and O–H groups in total. The summed E-state index contributed by atoms with van der Waals surface area (Å²) in [6.07, 6.45) is 6.72. The predicted molar refractivity (Wildman–Crippen MR) is 108 cm³/mol. The number of carbonyl (C=O) groups excluding carboxylic acids is 1. The lowest BCUT2D eigenvalue weighted by Crippen LogP contribution is -2.24. The lowest BCUT2D eigenvalue weighted by Gasteiger charge is -2.14. The van der Waals surface area contributed by atoms with E-state index in [1.807, 2.05) is 80.6 Å². The Balaban J connectivity index is 1.61. The van der Waals surface area contributed by atoms with Gasteiger partial charge in [0.05, 0.1) is 12.2 Å². The summed E-state index contributed by atoms with van der Waals surface area (Å²) in [5.74, 6) is 1.24. The Morgan fingerprint density at radius 1 is 1.07 bits per heavy atom. The van der Waals surface area contributed by atoms with Crippen LogP contribution < -0.4 is 10.1 Å². The van der Waals surface area contributed by atoms with Gasteiger partial charge in [0.15, 0.2) is 0 Å². The summed E-state index contributed by atoms with van der Waals surface area (Å²) in [5, 5.41) is 2.98. The summed E-state index contributed by atoms with van der Waals surface area (Å²) in [4.78, 5) is 16.2. The topological polar surface area (TPSA) is 51.2 Å². The number of benzene rings is 2. The van der Waals surface area contributed by atoms with Crippen LogP contribution in [0.4, 0.5) is 0 Å². The van der Waals surface area contributed by atoms with Gasteiger partial charge in [0.1, 0.15) is 11.5 Å². The van der Waals surface area contributed by atoms with Crippen LogP contribution in [0.15, 0.2) is 79.1 Å². The Labute approximate surface area is 159 Å². The van der Waals surface area contributed by atoms with Gasteiger partial charge < -0.3 is 10.1 Å². The molecule has 0 saturated carbocycles. The Morgan fingerprint density at radius 3 is 2.59 bits per heavy atom.